The molecule has 0 fully saturated rings. The summed E-state index contributed by atoms with van der Waals surface area (Å²) in [6, 6.07) is 8.93. The number of pyridine rings is 1. The molecule has 2 rings (SSSR count). The van der Waals surface area contributed by atoms with Crippen LogP contribution >= 0.6 is 23.2 Å². The van der Waals surface area contributed by atoms with Gasteiger partial charge in [0.15, 0.2) is 0 Å². The van der Waals surface area contributed by atoms with Crippen molar-refractivity contribution in [3.8, 4) is 0 Å². The van der Waals surface area contributed by atoms with Gasteiger partial charge < -0.3 is 10.2 Å². The quantitative estimate of drug-likeness (QED) is 0.879. The third kappa shape index (κ3) is 3.40. The van der Waals surface area contributed by atoms with Crippen molar-refractivity contribution in [2.75, 3.05) is 24.3 Å². The summed E-state index contributed by atoms with van der Waals surface area (Å²) in [6.07, 6.45) is 1.36. The predicted molar refractivity (Wildman–Crippen MR) is 83.0 cm³/mol. The van der Waals surface area contributed by atoms with E-state index in [0.717, 1.165) is 5.69 Å². The van der Waals surface area contributed by atoms with Crippen molar-refractivity contribution in [2.24, 2.45) is 0 Å². The Kier molecular flexibility index (Phi) is 4.47. The third-order valence-electron chi connectivity index (χ3n) is 2.69. The van der Waals surface area contributed by atoms with Gasteiger partial charge in [-0.05, 0) is 24.3 Å². The largest absolute Gasteiger partial charge is 0.378 e. The number of aromatic nitrogens is 1. The van der Waals surface area contributed by atoms with Crippen LogP contribution in [0.15, 0.2) is 36.5 Å². The van der Waals surface area contributed by atoms with E-state index < -0.39 is 0 Å². The van der Waals surface area contributed by atoms with Gasteiger partial charge in [0.25, 0.3) is 5.91 Å². The zero-order valence-electron chi connectivity index (χ0n) is 11.0. The van der Waals surface area contributed by atoms with Crippen molar-refractivity contribution >= 4 is 40.5 Å². The lowest BCUT2D eigenvalue weighted by molar-refractivity contribution is 0.102. The molecule has 4 nitrogen and oxygen atoms in total. The van der Waals surface area contributed by atoms with Crippen LogP contribution in [-0.4, -0.2) is 25.0 Å². The first-order valence-electron chi connectivity index (χ1n) is 5.87. The van der Waals surface area contributed by atoms with Crippen molar-refractivity contribution in [2.45, 2.75) is 0 Å². The van der Waals surface area contributed by atoms with Gasteiger partial charge in [0.05, 0.1) is 10.6 Å². The first kappa shape index (κ1) is 14.6. The van der Waals surface area contributed by atoms with Crippen LogP contribution in [0.5, 0.6) is 0 Å². The summed E-state index contributed by atoms with van der Waals surface area (Å²) in [5.41, 5.74) is 1.97. The molecule has 1 aromatic carbocycles. The number of amides is 1. The van der Waals surface area contributed by atoms with Crippen molar-refractivity contribution in [3.05, 3.63) is 52.3 Å². The smallest absolute Gasteiger partial charge is 0.257 e. The first-order chi connectivity index (χ1) is 9.47. The summed E-state index contributed by atoms with van der Waals surface area (Å²) >= 11 is 11.7. The molecule has 0 atom stereocenters. The van der Waals surface area contributed by atoms with Crippen molar-refractivity contribution in [1.29, 1.82) is 0 Å². The Morgan fingerprint density at radius 3 is 2.70 bits per heavy atom. The summed E-state index contributed by atoms with van der Waals surface area (Å²) in [5.74, 6) is -0.324. The number of nitrogens with one attached hydrogen (secondary N) is 1. The van der Waals surface area contributed by atoms with Crippen LogP contribution in [0.3, 0.4) is 0 Å². The first-order valence-corrected chi connectivity index (χ1v) is 6.63. The number of rotatable bonds is 3. The van der Waals surface area contributed by atoms with Gasteiger partial charge in [-0.25, -0.2) is 4.98 Å². The average molecular weight is 310 g/mol. The number of halogens is 2. The lowest BCUT2D eigenvalue weighted by atomic mass is 10.2. The van der Waals surface area contributed by atoms with Gasteiger partial charge in [-0.3, -0.25) is 4.79 Å². The van der Waals surface area contributed by atoms with E-state index in [1.807, 2.05) is 43.3 Å². The lowest BCUT2D eigenvalue weighted by Crippen LogP contribution is -2.14. The normalized spacial score (nSPS) is 10.2. The molecule has 0 aliphatic heterocycles. The van der Waals surface area contributed by atoms with Gasteiger partial charge in [0.1, 0.15) is 5.15 Å². The Hall–Kier alpha value is -1.78. The zero-order chi connectivity index (χ0) is 14.7. The van der Waals surface area contributed by atoms with E-state index in [0.29, 0.717) is 11.3 Å². The second-order valence-electron chi connectivity index (χ2n) is 4.39. The van der Waals surface area contributed by atoms with Crippen LogP contribution in [0.25, 0.3) is 0 Å². The van der Waals surface area contributed by atoms with Crippen LogP contribution in [0, 0.1) is 0 Å². The van der Waals surface area contributed by atoms with Crippen LogP contribution in [0.1, 0.15) is 10.4 Å². The Morgan fingerprint density at radius 2 is 2.00 bits per heavy atom. The van der Waals surface area contributed by atoms with Crippen molar-refractivity contribution < 1.29 is 4.79 Å². The van der Waals surface area contributed by atoms with E-state index in [1.54, 1.807) is 0 Å². The van der Waals surface area contributed by atoms with Crippen LogP contribution in [0.4, 0.5) is 11.4 Å². The van der Waals surface area contributed by atoms with Crippen LogP contribution in [0.2, 0.25) is 10.2 Å². The number of anilines is 2. The van der Waals surface area contributed by atoms with Crippen molar-refractivity contribution in [1.82, 2.24) is 4.98 Å². The molecule has 2 aromatic rings. The minimum absolute atomic E-state index is 0.224. The number of carbonyl (C=O) groups excluding carboxylic acids is 1. The number of nitrogens with zero attached hydrogens (tertiary/aromatic N) is 2. The molecule has 20 heavy (non-hydrogen) atoms. The maximum atomic E-state index is 12.2. The van der Waals surface area contributed by atoms with Gasteiger partial charge in [0.2, 0.25) is 0 Å². The third-order valence-corrected chi connectivity index (χ3v) is 3.19. The summed E-state index contributed by atoms with van der Waals surface area (Å²) in [7, 11) is 3.86. The fraction of sp³-hybridized carbons (Fsp3) is 0.143. The minimum Gasteiger partial charge on any atom is -0.378 e. The highest BCUT2D eigenvalue weighted by atomic mass is 35.5. The van der Waals surface area contributed by atoms with E-state index in [9.17, 15) is 4.79 Å². The van der Waals surface area contributed by atoms with Crippen molar-refractivity contribution in [3.63, 3.8) is 0 Å². The lowest BCUT2D eigenvalue weighted by Gasteiger charge is -2.14. The number of hydrogen-bond acceptors (Lipinski definition) is 3. The van der Waals surface area contributed by atoms with E-state index in [-0.39, 0.29) is 16.1 Å². The molecule has 1 N–H and O–H groups in total. The van der Waals surface area contributed by atoms with E-state index in [4.69, 9.17) is 23.2 Å². The number of hydrogen-bond donors (Lipinski definition) is 1. The highest BCUT2D eigenvalue weighted by Crippen LogP contribution is 2.21. The molecular weight excluding hydrogens is 297 g/mol. The molecule has 104 valence electrons. The molecule has 1 heterocycles. The molecule has 0 radical (unpaired) electrons. The average Bonchev–Trinajstić information content (AvgIpc) is 2.41. The molecule has 1 amide bonds. The maximum Gasteiger partial charge on any atom is 0.257 e. The van der Waals surface area contributed by atoms with Crippen LogP contribution in [-0.2, 0) is 0 Å². The summed E-state index contributed by atoms with van der Waals surface area (Å²) in [6.45, 7) is 0. The molecule has 0 aliphatic carbocycles. The Balaban J connectivity index is 2.23. The molecule has 0 aliphatic rings. The fourth-order valence-electron chi connectivity index (χ4n) is 1.65. The van der Waals surface area contributed by atoms with Gasteiger partial charge in [-0.15, -0.1) is 0 Å². The molecule has 0 unspecified atom stereocenters. The predicted octanol–water partition coefficient (Wildman–Crippen LogP) is 3.71. The molecule has 1 aromatic heterocycles. The molecule has 6 heteroatoms. The highest BCUT2D eigenvalue weighted by molar-refractivity contribution is 6.35. The zero-order valence-corrected chi connectivity index (χ0v) is 12.5. The van der Waals surface area contributed by atoms with E-state index in [2.05, 4.69) is 10.3 Å². The summed E-state index contributed by atoms with van der Waals surface area (Å²) < 4.78 is 0. The maximum absolute atomic E-state index is 12.2. The number of carbonyl (C=O) groups is 1. The fourth-order valence-corrected chi connectivity index (χ4v) is 1.99. The molecule has 0 bridgehead atoms. The second-order valence-corrected chi connectivity index (χ2v) is 5.18. The van der Waals surface area contributed by atoms with Gasteiger partial charge in [-0.2, -0.15) is 0 Å². The summed E-state index contributed by atoms with van der Waals surface area (Å²) in [4.78, 5) is 17.9. The standard InChI is InChI=1S/C14H13Cl2N3O/c1-19(2)10-5-3-4-9(6-10)18-14(20)11-7-13(16)17-8-12(11)15/h3-8H,1-2H3,(H,18,20). The molecular formula is C14H13Cl2N3O. The topological polar surface area (TPSA) is 45.2 Å². The highest BCUT2D eigenvalue weighted by Gasteiger charge is 2.12. The van der Waals surface area contributed by atoms with Gasteiger partial charge in [-0.1, -0.05) is 29.3 Å². The van der Waals surface area contributed by atoms with Gasteiger partial charge in [0, 0.05) is 31.7 Å². The SMILES string of the molecule is CN(C)c1cccc(NC(=O)c2cc(Cl)ncc2Cl)c1. The summed E-state index contributed by atoms with van der Waals surface area (Å²) in [5, 5.41) is 3.27. The molecule has 0 saturated carbocycles. The Morgan fingerprint density at radius 1 is 1.25 bits per heavy atom. The van der Waals surface area contributed by atoms with Crippen LogP contribution < -0.4 is 10.2 Å². The van der Waals surface area contributed by atoms with E-state index in [1.165, 1.54) is 12.3 Å². The van der Waals surface area contributed by atoms with E-state index >= 15 is 0 Å². The number of benzene rings is 1. The molecule has 0 saturated heterocycles. The Labute approximate surface area is 127 Å². The second kappa shape index (κ2) is 6.11. The Bertz CT molecular complexity index is 644. The minimum atomic E-state index is -0.324. The van der Waals surface area contributed by atoms with Gasteiger partial charge >= 0.3 is 0 Å². The monoisotopic (exact) mass is 309 g/mol. The molecule has 0 spiro atoms.